The summed E-state index contributed by atoms with van der Waals surface area (Å²) in [6.07, 6.45) is 3.86. The number of hydrogen-bond acceptors (Lipinski definition) is 0. The lowest BCUT2D eigenvalue weighted by molar-refractivity contribution is -0.467. The van der Waals surface area contributed by atoms with Crippen LogP contribution in [-0.4, -0.2) is 5.54 Å². The van der Waals surface area contributed by atoms with Crippen molar-refractivity contribution in [2.45, 2.75) is 45.6 Å². The summed E-state index contributed by atoms with van der Waals surface area (Å²) in [6.45, 7) is 6.58. The molecule has 3 N–H and O–H groups in total. The molecule has 1 nitrogen and oxygen atoms in total. The van der Waals surface area contributed by atoms with Crippen LogP contribution in [0, 0.1) is 0 Å². The Morgan fingerprint density at radius 2 is 1.78 bits per heavy atom. The van der Waals surface area contributed by atoms with Crippen molar-refractivity contribution in [3.05, 3.63) is 0 Å². The summed E-state index contributed by atoms with van der Waals surface area (Å²) < 4.78 is 0. The average Bonchev–Trinajstić information content (AvgIpc) is 1.59. The van der Waals surface area contributed by atoms with E-state index in [0.717, 1.165) is 0 Å². The van der Waals surface area contributed by atoms with Gasteiger partial charge in [0.1, 0.15) is 0 Å². The molecule has 9 heavy (non-hydrogen) atoms. The Labute approximate surface area is 68.8 Å². The van der Waals surface area contributed by atoms with Crippen LogP contribution in [0.3, 0.4) is 0 Å². The fourth-order valence-corrected chi connectivity index (χ4v) is 0.655. The van der Waals surface area contributed by atoms with Crippen molar-refractivity contribution in [2.75, 3.05) is 0 Å². The van der Waals surface area contributed by atoms with Crippen molar-refractivity contribution in [2.24, 2.45) is 0 Å². The zero-order chi connectivity index (χ0) is 6.62. The Bertz CT molecular complexity index is 56.4. The normalized spacial score (nSPS) is 10.7. The summed E-state index contributed by atoms with van der Waals surface area (Å²) in [4.78, 5) is 0. The maximum Gasteiger partial charge on any atom is 0.0889 e. The van der Waals surface area contributed by atoms with Gasteiger partial charge in [0, 0.05) is 6.42 Å². The van der Waals surface area contributed by atoms with Crippen LogP contribution in [0.4, 0.5) is 0 Å². The van der Waals surface area contributed by atoms with Crippen LogP contribution in [-0.2, 0) is 0 Å². The van der Waals surface area contributed by atoms with Gasteiger partial charge in [-0.15, -0.1) is 0 Å². The SMILES string of the molecule is CCCCC(C)(C)[NH3+].[Br-]. The van der Waals surface area contributed by atoms with Gasteiger partial charge in [0.2, 0.25) is 0 Å². The Hall–Kier alpha value is 0.440. The molecule has 0 aromatic rings. The minimum absolute atomic E-state index is 0. The molecule has 0 heterocycles. The summed E-state index contributed by atoms with van der Waals surface area (Å²) in [5, 5.41) is 0. The molecule has 0 aromatic heterocycles. The van der Waals surface area contributed by atoms with Crippen LogP contribution in [0.5, 0.6) is 0 Å². The molecule has 58 valence electrons. The minimum atomic E-state index is 0. The topological polar surface area (TPSA) is 27.6 Å². The highest BCUT2D eigenvalue weighted by atomic mass is 79.9. The van der Waals surface area contributed by atoms with E-state index in [2.05, 4.69) is 26.5 Å². The molecule has 0 amide bonds. The lowest BCUT2D eigenvalue weighted by Crippen LogP contribution is -3.00. The predicted octanol–water partition coefficient (Wildman–Crippen LogP) is -1.80. The molecule has 0 fully saturated rings. The minimum Gasteiger partial charge on any atom is -1.00 e. The van der Waals surface area contributed by atoms with Crippen LogP contribution in [0.1, 0.15) is 40.0 Å². The second-order valence-electron chi connectivity index (χ2n) is 3.27. The predicted molar refractivity (Wildman–Crippen MR) is 36.5 cm³/mol. The first-order valence-electron chi connectivity index (χ1n) is 3.41. The van der Waals surface area contributed by atoms with Crippen LogP contribution in [0.15, 0.2) is 0 Å². The molecule has 0 spiro atoms. The second kappa shape index (κ2) is 5.24. The van der Waals surface area contributed by atoms with Gasteiger partial charge < -0.3 is 22.7 Å². The van der Waals surface area contributed by atoms with Gasteiger partial charge in [0.15, 0.2) is 0 Å². The molecule has 0 rings (SSSR count). The van der Waals surface area contributed by atoms with Crippen LogP contribution >= 0.6 is 0 Å². The van der Waals surface area contributed by atoms with E-state index < -0.39 is 0 Å². The van der Waals surface area contributed by atoms with Crippen LogP contribution in [0.2, 0.25) is 0 Å². The monoisotopic (exact) mass is 195 g/mol. The molecule has 0 radical (unpaired) electrons. The molecule has 0 aliphatic carbocycles. The van der Waals surface area contributed by atoms with Gasteiger partial charge in [-0.1, -0.05) is 13.3 Å². The summed E-state index contributed by atoms with van der Waals surface area (Å²) in [7, 11) is 0. The fraction of sp³-hybridized carbons (Fsp3) is 1.00. The number of quaternary nitrogens is 1. The van der Waals surface area contributed by atoms with Crippen molar-refractivity contribution in [1.29, 1.82) is 0 Å². The van der Waals surface area contributed by atoms with Crippen molar-refractivity contribution in [3.8, 4) is 0 Å². The maximum absolute atomic E-state index is 4.01. The van der Waals surface area contributed by atoms with Gasteiger partial charge in [-0.2, -0.15) is 0 Å². The smallest absolute Gasteiger partial charge is 0.0889 e. The third-order valence-electron chi connectivity index (χ3n) is 1.21. The molecule has 0 aliphatic rings. The molecular formula is C7H18BrN. The quantitative estimate of drug-likeness (QED) is 0.551. The number of unbranched alkanes of at least 4 members (excludes halogenated alkanes) is 1. The number of halogens is 1. The summed E-state index contributed by atoms with van der Waals surface area (Å²) in [5.74, 6) is 0. The highest BCUT2D eigenvalue weighted by molar-refractivity contribution is 4.61. The van der Waals surface area contributed by atoms with E-state index >= 15 is 0 Å². The number of rotatable bonds is 3. The van der Waals surface area contributed by atoms with Crippen LogP contribution < -0.4 is 22.7 Å². The Morgan fingerprint density at radius 3 is 1.89 bits per heavy atom. The van der Waals surface area contributed by atoms with E-state index in [1.165, 1.54) is 19.3 Å². The van der Waals surface area contributed by atoms with Gasteiger partial charge in [-0.25, -0.2) is 0 Å². The number of hydrogen-bond donors (Lipinski definition) is 1. The zero-order valence-corrected chi connectivity index (χ0v) is 8.29. The van der Waals surface area contributed by atoms with E-state index in [1.54, 1.807) is 0 Å². The van der Waals surface area contributed by atoms with Crippen molar-refractivity contribution in [3.63, 3.8) is 0 Å². The summed E-state index contributed by atoms with van der Waals surface area (Å²) in [6, 6.07) is 0. The van der Waals surface area contributed by atoms with Gasteiger partial charge in [0.05, 0.1) is 5.54 Å². The Morgan fingerprint density at radius 1 is 1.33 bits per heavy atom. The molecule has 0 unspecified atom stereocenters. The van der Waals surface area contributed by atoms with Gasteiger partial charge in [-0.05, 0) is 20.3 Å². The van der Waals surface area contributed by atoms with Crippen LogP contribution in [0.25, 0.3) is 0 Å². The molecule has 0 aromatic carbocycles. The molecule has 0 saturated heterocycles. The lowest BCUT2D eigenvalue weighted by atomic mass is 9.99. The second-order valence-corrected chi connectivity index (χ2v) is 3.27. The molecular weight excluding hydrogens is 178 g/mol. The first-order chi connectivity index (χ1) is 3.56. The summed E-state index contributed by atoms with van der Waals surface area (Å²) >= 11 is 0. The van der Waals surface area contributed by atoms with E-state index in [0.29, 0.717) is 5.54 Å². The van der Waals surface area contributed by atoms with Crippen molar-refractivity contribution < 1.29 is 22.7 Å². The lowest BCUT2D eigenvalue weighted by Gasteiger charge is -2.12. The van der Waals surface area contributed by atoms with E-state index in [1.807, 2.05) is 0 Å². The highest BCUT2D eigenvalue weighted by Crippen LogP contribution is 2.05. The molecule has 2 heteroatoms. The first-order valence-corrected chi connectivity index (χ1v) is 3.41. The third-order valence-corrected chi connectivity index (χ3v) is 1.21. The Kier molecular flexibility index (Phi) is 7.08. The molecule has 0 bridgehead atoms. The van der Waals surface area contributed by atoms with Gasteiger partial charge >= 0.3 is 0 Å². The molecule has 0 atom stereocenters. The first kappa shape index (κ1) is 12.1. The van der Waals surface area contributed by atoms with Gasteiger partial charge in [-0.3, -0.25) is 0 Å². The fourth-order valence-electron chi connectivity index (χ4n) is 0.655. The highest BCUT2D eigenvalue weighted by Gasteiger charge is 2.12. The largest absolute Gasteiger partial charge is 1.00 e. The zero-order valence-electron chi connectivity index (χ0n) is 6.71. The van der Waals surface area contributed by atoms with E-state index in [4.69, 9.17) is 0 Å². The standard InChI is InChI=1S/C7H17N.BrH/c1-4-5-6-7(2,3)8;/h4-6,8H2,1-3H3;1H. The summed E-state index contributed by atoms with van der Waals surface area (Å²) in [5.41, 5.74) is 4.31. The van der Waals surface area contributed by atoms with Crippen molar-refractivity contribution in [1.82, 2.24) is 0 Å². The van der Waals surface area contributed by atoms with Crippen molar-refractivity contribution >= 4 is 0 Å². The van der Waals surface area contributed by atoms with E-state index in [-0.39, 0.29) is 17.0 Å². The molecule has 0 saturated carbocycles. The Balaban J connectivity index is 0. The van der Waals surface area contributed by atoms with E-state index in [9.17, 15) is 0 Å². The molecule has 0 aliphatic heterocycles. The third kappa shape index (κ3) is 11.8. The average molecular weight is 196 g/mol. The maximum atomic E-state index is 4.01. The van der Waals surface area contributed by atoms with Gasteiger partial charge in [0.25, 0.3) is 0 Å².